The molecule has 0 aliphatic heterocycles. The van der Waals surface area contributed by atoms with Gasteiger partial charge in [-0.3, -0.25) is 0 Å². The predicted molar refractivity (Wildman–Crippen MR) is 83.5 cm³/mol. The first kappa shape index (κ1) is 14.6. The Kier molecular flexibility index (Phi) is 3.33. The lowest BCUT2D eigenvalue weighted by molar-refractivity contribution is 0.435. The van der Waals surface area contributed by atoms with Crippen molar-refractivity contribution in [3.8, 4) is 0 Å². The Hall–Kier alpha value is -0.820. The van der Waals surface area contributed by atoms with Crippen LogP contribution in [0.15, 0.2) is 12.1 Å². The van der Waals surface area contributed by atoms with Gasteiger partial charge in [0, 0.05) is 6.04 Å². The molecule has 19 heavy (non-hydrogen) atoms. The Labute approximate surface area is 118 Å². The molecule has 0 saturated heterocycles. The second kappa shape index (κ2) is 4.34. The molecule has 2 rings (SSSR count). The number of hydrogen-bond donors (Lipinski definition) is 1. The molecule has 106 valence electrons. The number of hydrogen-bond acceptors (Lipinski definition) is 1. The van der Waals surface area contributed by atoms with Gasteiger partial charge in [0.2, 0.25) is 0 Å². The van der Waals surface area contributed by atoms with Gasteiger partial charge in [0.15, 0.2) is 0 Å². The molecule has 1 nitrogen and oxygen atoms in total. The summed E-state index contributed by atoms with van der Waals surface area (Å²) >= 11 is 0. The molecule has 1 aromatic carbocycles. The van der Waals surface area contributed by atoms with Crippen LogP contribution in [0.25, 0.3) is 0 Å². The van der Waals surface area contributed by atoms with E-state index in [9.17, 15) is 0 Å². The van der Waals surface area contributed by atoms with Gasteiger partial charge in [0.25, 0.3) is 0 Å². The van der Waals surface area contributed by atoms with E-state index in [0.717, 1.165) is 0 Å². The summed E-state index contributed by atoms with van der Waals surface area (Å²) < 4.78 is 0. The van der Waals surface area contributed by atoms with E-state index in [1.54, 1.807) is 0 Å². The van der Waals surface area contributed by atoms with Gasteiger partial charge in [0.1, 0.15) is 0 Å². The van der Waals surface area contributed by atoms with Crippen LogP contribution in [0.1, 0.15) is 56.0 Å². The third-order valence-electron chi connectivity index (χ3n) is 5.83. The van der Waals surface area contributed by atoms with Gasteiger partial charge in [-0.15, -0.1) is 0 Å². The van der Waals surface area contributed by atoms with Gasteiger partial charge >= 0.3 is 0 Å². The van der Waals surface area contributed by atoms with Crippen molar-refractivity contribution in [2.75, 3.05) is 7.05 Å². The zero-order valence-corrected chi connectivity index (χ0v) is 13.8. The van der Waals surface area contributed by atoms with Gasteiger partial charge in [-0.05, 0) is 61.3 Å². The zero-order chi connectivity index (χ0) is 14.6. The lowest BCUT2D eigenvalue weighted by atomic mass is 9.89. The Bertz CT molecular complexity index is 459. The molecule has 0 bridgehead atoms. The summed E-state index contributed by atoms with van der Waals surface area (Å²) in [6.45, 7) is 16.3. The Balaban J connectivity index is 2.46. The fourth-order valence-electron chi connectivity index (χ4n) is 4.24. The number of aryl methyl sites for hydroxylation is 3. The Morgan fingerprint density at radius 1 is 0.947 bits per heavy atom. The first-order valence-electron chi connectivity index (χ1n) is 7.39. The number of rotatable bonds is 3. The third kappa shape index (κ3) is 2.03. The predicted octanol–water partition coefficient (Wildman–Crippen LogP) is 4.55. The quantitative estimate of drug-likeness (QED) is 0.839. The van der Waals surface area contributed by atoms with Crippen molar-refractivity contribution in [1.29, 1.82) is 0 Å². The molecule has 1 heteroatoms. The van der Waals surface area contributed by atoms with Crippen LogP contribution in [0.5, 0.6) is 0 Å². The molecule has 0 amide bonds. The highest BCUT2D eigenvalue weighted by Gasteiger charge is 2.67. The van der Waals surface area contributed by atoms with Crippen molar-refractivity contribution in [2.45, 2.75) is 54.5 Å². The van der Waals surface area contributed by atoms with E-state index in [0.29, 0.717) is 22.8 Å². The summed E-state index contributed by atoms with van der Waals surface area (Å²) in [4.78, 5) is 0. The molecule has 1 aliphatic rings. The molecule has 1 aliphatic carbocycles. The largest absolute Gasteiger partial charge is 0.313 e. The number of benzene rings is 1. The molecular formula is C18H29N. The normalized spacial score (nSPS) is 22.3. The lowest BCUT2D eigenvalue weighted by Gasteiger charge is -2.24. The molecule has 1 aromatic rings. The Morgan fingerprint density at radius 3 is 1.68 bits per heavy atom. The van der Waals surface area contributed by atoms with E-state index in [-0.39, 0.29) is 0 Å². The molecule has 1 saturated carbocycles. The molecule has 0 radical (unpaired) electrons. The molecule has 0 heterocycles. The highest BCUT2D eigenvalue weighted by Crippen LogP contribution is 2.72. The molecule has 1 atom stereocenters. The summed E-state index contributed by atoms with van der Waals surface area (Å²) in [6.07, 6.45) is 0. The summed E-state index contributed by atoms with van der Waals surface area (Å²) in [5.74, 6) is 0.699. The topological polar surface area (TPSA) is 12.0 Å². The van der Waals surface area contributed by atoms with E-state index in [1.807, 2.05) is 0 Å². The second-order valence-electron chi connectivity index (χ2n) is 7.50. The van der Waals surface area contributed by atoms with Crippen LogP contribution in [-0.2, 0) is 0 Å². The zero-order valence-electron chi connectivity index (χ0n) is 13.8. The maximum absolute atomic E-state index is 3.59. The van der Waals surface area contributed by atoms with Crippen LogP contribution in [0.3, 0.4) is 0 Å². The van der Waals surface area contributed by atoms with E-state index in [4.69, 9.17) is 0 Å². The summed E-state index contributed by atoms with van der Waals surface area (Å²) in [7, 11) is 2.11. The molecular weight excluding hydrogens is 230 g/mol. The standard InChI is InChI=1S/C18H29N/c1-11-9-12(2)14(13(3)10-11)15(19-8)16-17(4,5)18(16,6)7/h9-10,15-16,19H,1-8H3. The molecule has 1 N–H and O–H groups in total. The summed E-state index contributed by atoms with van der Waals surface area (Å²) in [6, 6.07) is 5.09. The van der Waals surface area contributed by atoms with Crippen molar-refractivity contribution in [2.24, 2.45) is 16.7 Å². The molecule has 1 fully saturated rings. The maximum atomic E-state index is 3.59. The van der Waals surface area contributed by atoms with E-state index >= 15 is 0 Å². The average molecular weight is 259 g/mol. The molecule has 0 aromatic heterocycles. The van der Waals surface area contributed by atoms with Crippen molar-refractivity contribution >= 4 is 0 Å². The minimum absolute atomic E-state index is 0.407. The summed E-state index contributed by atoms with van der Waals surface area (Å²) in [5.41, 5.74) is 6.54. The van der Waals surface area contributed by atoms with Gasteiger partial charge < -0.3 is 5.32 Å². The highest BCUT2D eigenvalue weighted by molar-refractivity contribution is 5.42. The average Bonchev–Trinajstić information content (AvgIpc) is 2.64. The third-order valence-corrected chi connectivity index (χ3v) is 5.83. The van der Waals surface area contributed by atoms with E-state index in [1.165, 1.54) is 22.3 Å². The lowest BCUT2D eigenvalue weighted by Crippen LogP contribution is -2.23. The van der Waals surface area contributed by atoms with Crippen molar-refractivity contribution in [3.05, 3.63) is 34.4 Å². The fraction of sp³-hybridized carbons (Fsp3) is 0.667. The fourth-order valence-corrected chi connectivity index (χ4v) is 4.24. The van der Waals surface area contributed by atoms with Gasteiger partial charge in [-0.1, -0.05) is 45.4 Å². The van der Waals surface area contributed by atoms with E-state index in [2.05, 4.69) is 73.0 Å². The minimum atomic E-state index is 0.407. The molecule has 0 spiro atoms. The minimum Gasteiger partial charge on any atom is -0.313 e. The summed E-state index contributed by atoms with van der Waals surface area (Å²) in [5, 5.41) is 3.59. The first-order chi connectivity index (χ1) is 8.64. The van der Waals surface area contributed by atoms with Crippen LogP contribution in [0.2, 0.25) is 0 Å². The first-order valence-corrected chi connectivity index (χ1v) is 7.39. The van der Waals surface area contributed by atoms with Gasteiger partial charge in [-0.25, -0.2) is 0 Å². The van der Waals surface area contributed by atoms with Gasteiger partial charge in [0.05, 0.1) is 0 Å². The number of nitrogens with one attached hydrogen (secondary N) is 1. The van der Waals surface area contributed by atoms with Crippen molar-refractivity contribution in [3.63, 3.8) is 0 Å². The maximum Gasteiger partial charge on any atom is 0.0362 e. The Morgan fingerprint density at radius 2 is 1.37 bits per heavy atom. The van der Waals surface area contributed by atoms with Crippen LogP contribution >= 0.6 is 0 Å². The smallest absolute Gasteiger partial charge is 0.0362 e. The van der Waals surface area contributed by atoms with Crippen molar-refractivity contribution in [1.82, 2.24) is 5.32 Å². The second-order valence-corrected chi connectivity index (χ2v) is 7.50. The monoisotopic (exact) mass is 259 g/mol. The van der Waals surface area contributed by atoms with Gasteiger partial charge in [-0.2, -0.15) is 0 Å². The van der Waals surface area contributed by atoms with Crippen LogP contribution in [0.4, 0.5) is 0 Å². The molecule has 1 unspecified atom stereocenters. The van der Waals surface area contributed by atoms with Crippen LogP contribution < -0.4 is 5.32 Å². The SMILES string of the molecule is CNC(c1c(C)cc(C)cc1C)C1C(C)(C)C1(C)C. The van der Waals surface area contributed by atoms with Crippen molar-refractivity contribution < 1.29 is 0 Å². The van der Waals surface area contributed by atoms with Crippen LogP contribution in [0, 0.1) is 37.5 Å². The van der Waals surface area contributed by atoms with Crippen LogP contribution in [-0.4, -0.2) is 7.05 Å². The van der Waals surface area contributed by atoms with E-state index < -0.39 is 0 Å². The highest BCUT2D eigenvalue weighted by atomic mass is 14.9.